The molecule has 0 atom stereocenters. The molecule has 1 amide bonds. The minimum atomic E-state index is -0.151. The van der Waals surface area contributed by atoms with E-state index in [1.807, 2.05) is 42.5 Å². The third kappa shape index (κ3) is 2.98. The van der Waals surface area contributed by atoms with Gasteiger partial charge in [-0.3, -0.25) is 0 Å². The Morgan fingerprint density at radius 3 is 2.64 bits per heavy atom. The van der Waals surface area contributed by atoms with Crippen molar-refractivity contribution in [3.63, 3.8) is 0 Å². The smallest absolute Gasteiger partial charge is 0.326 e. The second-order valence-corrected chi connectivity index (χ2v) is 5.28. The number of aryl methyl sites for hydroxylation is 1. The van der Waals surface area contributed by atoms with E-state index >= 15 is 0 Å². The van der Waals surface area contributed by atoms with Crippen molar-refractivity contribution < 1.29 is 4.79 Å². The summed E-state index contributed by atoms with van der Waals surface area (Å²) in [5.74, 6) is 0. The lowest BCUT2D eigenvalue weighted by atomic mass is 10.1. The summed E-state index contributed by atoms with van der Waals surface area (Å²) in [6.07, 6.45) is 1.87. The van der Waals surface area contributed by atoms with E-state index in [1.165, 1.54) is 10.2 Å². The lowest BCUT2D eigenvalue weighted by Crippen LogP contribution is -2.32. The van der Waals surface area contributed by atoms with Gasteiger partial charge in [-0.25, -0.2) is 4.79 Å². The van der Waals surface area contributed by atoms with Crippen molar-refractivity contribution in [1.29, 1.82) is 0 Å². The van der Waals surface area contributed by atoms with Crippen LogP contribution in [-0.4, -0.2) is 39.5 Å². The van der Waals surface area contributed by atoms with Crippen LogP contribution in [0.4, 0.5) is 4.79 Å². The quantitative estimate of drug-likeness (QED) is 0.743. The number of rotatable bonds is 4. The van der Waals surface area contributed by atoms with Gasteiger partial charge in [0.1, 0.15) is 5.52 Å². The molecule has 0 radical (unpaired) electrons. The first-order valence-corrected chi connectivity index (χ1v) is 7.35. The average Bonchev–Trinajstić information content (AvgIpc) is 2.99. The van der Waals surface area contributed by atoms with E-state index in [0.717, 1.165) is 23.9 Å². The second kappa shape index (κ2) is 6.39. The van der Waals surface area contributed by atoms with Gasteiger partial charge in [0.15, 0.2) is 0 Å². The highest BCUT2D eigenvalue weighted by atomic mass is 16.2. The molecule has 3 rings (SSSR count). The fourth-order valence-corrected chi connectivity index (χ4v) is 2.43. The zero-order valence-corrected chi connectivity index (χ0v) is 12.5. The minimum absolute atomic E-state index is 0.151. The molecule has 1 aromatic heterocycles. The number of carbonyl (C=O) groups is 1. The van der Waals surface area contributed by atoms with Crippen molar-refractivity contribution >= 4 is 17.1 Å². The fourth-order valence-electron chi connectivity index (χ4n) is 2.43. The molecule has 0 fully saturated rings. The van der Waals surface area contributed by atoms with Crippen LogP contribution >= 0.6 is 0 Å². The molecular formula is C17H18N4O. The van der Waals surface area contributed by atoms with Crippen LogP contribution in [0.25, 0.3) is 11.0 Å². The molecule has 0 aliphatic heterocycles. The Morgan fingerprint density at radius 1 is 1.09 bits per heavy atom. The summed E-state index contributed by atoms with van der Waals surface area (Å²) in [4.78, 5) is 14.1. The zero-order chi connectivity index (χ0) is 15.4. The Bertz CT molecular complexity index is 766. The summed E-state index contributed by atoms with van der Waals surface area (Å²) in [5.41, 5.74) is 2.76. The Labute approximate surface area is 129 Å². The van der Waals surface area contributed by atoms with Crippen LogP contribution in [0.1, 0.15) is 12.0 Å². The number of aromatic nitrogens is 3. The third-order valence-corrected chi connectivity index (χ3v) is 3.66. The number of hydrogen-bond donors (Lipinski definition) is 0. The van der Waals surface area contributed by atoms with Crippen LogP contribution in [0.5, 0.6) is 0 Å². The molecule has 2 aromatic carbocycles. The molecule has 0 unspecified atom stereocenters. The molecule has 112 valence electrons. The molecule has 0 saturated heterocycles. The lowest BCUT2D eigenvalue weighted by Gasteiger charge is -2.16. The van der Waals surface area contributed by atoms with E-state index in [-0.39, 0.29) is 6.03 Å². The zero-order valence-electron chi connectivity index (χ0n) is 12.5. The van der Waals surface area contributed by atoms with Crippen molar-refractivity contribution in [2.24, 2.45) is 0 Å². The Morgan fingerprint density at radius 2 is 1.82 bits per heavy atom. The van der Waals surface area contributed by atoms with E-state index in [9.17, 15) is 4.79 Å². The van der Waals surface area contributed by atoms with Crippen molar-refractivity contribution in [1.82, 2.24) is 19.9 Å². The number of benzene rings is 2. The number of fused-ring (bicyclic) bond motifs is 1. The summed E-state index contributed by atoms with van der Waals surface area (Å²) in [7, 11) is 1.80. The largest absolute Gasteiger partial charge is 0.346 e. The summed E-state index contributed by atoms with van der Waals surface area (Å²) >= 11 is 0. The number of hydrogen-bond acceptors (Lipinski definition) is 3. The molecular weight excluding hydrogens is 276 g/mol. The molecule has 3 aromatic rings. The van der Waals surface area contributed by atoms with Crippen LogP contribution in [0.3, 0.4) is 0 Å². The first-order valence-electron chi connectivity index (χ1n) is 7.35. The Balaban J connectivity index is 1.62. The van der Waals surface area contributed by atoms with Crippen LogP contribution in [-0.2, 0) is 6.42 Å². The van der Waals surface area contributed by atoms with E-state index in [0.29, 0.717) is 6.54 Å². The highest BCUT2D eigenvalue weighted by molar-refractivity contribution is 5.87. The van der Waals surface area contributed by atoms with Gasteiger partial charge < -0.3 is 4.90 Å². The Hall–Kier alpha value is -2.69. The number of para-hydroxylation sites is 1. The summed E-state index contributed by atoms with van der Waals surface area (Å²) in [5, 5.41) is 7.97. The summed E-state index contributed by atoms with van der Waals surface area (Å²) < 4.78 is 1.36. The van der Waals surface area contributed by atoms with Crippen LogP contribution in [0, 0.1) is 0 Å². The molecule has 22 heavy (non-hydrogen) atoms. The van der Waals surface area contributed by atoms with E-state index in [4.69, 9.17) is 0 Å². The normalized spacial score (nSPS) is 10.8. The maximum Gasteiger partial charge on any atom is 0.346 e. The standard InChI is InChI=1S/C17H18N4O/c1-20(13-7-10-14-8-3-2-4-9-14)17(22)21-16-12-6-5-11-15(16)18-19-21/h2-6,8-9,11-12H,7,10,13H2,1H3. The van der Waals surface area contributed by atoms with Gasteiger partial charge in [0.05, 0.1) is 5.52 Å². The Kier molecular flexibility index (Phi) is 4.14. The van der Waals surface area contributed by atoms with E-state index in [2.05, 4.69) is 22.4 Å². The van der Waals surface area contributed by atoms with Crippen LogP contribution in [0.2, 0.25) is 0 Å². The van der Waals surface area contributed by atoms with Gasteiger partial charge in [0.2, 0.25) is 0 Å². The van der Waals surface area contributed by atoms with Crippen molar-refractivity contribution in [2.45, 2.75) is 12.8 Å². The highest BCUT2D eigenvalue weighted by Gasteiger charge is 2.15. The highest BCUT2D eigenvalue weighted by Crippen LogP contribution is 2.11. The van der Waals surface area contributed by atoms with E-state index < -0.39 is 0 Å². The third-order valence-electron chi connectivity index (χ3n) is 3.66. The molecule has 0 bridgehead atoms. The predicted octanol–water partition coefficient (Wildman–Crippen LogP) is 2.96. The number of carbonyl (C=O) groups excluding carboxylic acids is 1. The first kappa shape index (κ1) is 14.3. The average molecular weight is 294 g/mol. The van der Waals surface area contributed by atoms with Crippen molar-refractivity contribution in [3.8, 4) is 0 Å². The first-order chi connectivity index (χ1) is 10.8. The minimum Gasteiger partial charge on any atom is -0.326 e. The molecule has 1 heterocycles. The maximum absolute atomic E-state index is 12.4. The molecule has 0 N–H and O–H groups in total. The van der Waals surface area contributed by atoms with E-state index in [1.54, 1.807) is 11.9 Å². The molecule has 0 saturated carbocycles. The second-order valence-electron chi connectivity index (χ2n) is 5.28. The predicted molar refractivity (Wildman–Crippen MR) is 85.7 cm³/mol. The van der Waals surface area contributed by atoms with Crippen LogP contribution in [0.15, 0.2) is 54.6 Å². The summed E-state index contributed by atoms with van der Waals surface area (Å²) in [6, 6.07) is 17.6. The summed E-state index contributed by atoms with van der Waals surface area (Å²) in [6.45, 7) is 0.682. The van der Waals surface area contributed by atoms with Gasteiger partial charge in [-0.1, -0.05) is 47.7 Å². The van der Waals surface area contributed by atoms with Crippen molar-refractivity contribution in [3.05, 3.63) is 60.2 Å². The van der Waals surface area contributed by atoms with Gasteiger partial charge in [0, 0.05) is 13.6 Å². The molecule has 0 aliphatic carbocycles. The molecule has 5 nitrogen and oxygen atoms in total. The molecule has 0 aliphatic rings. The SMILES string of the molecule is CN(CCCc1ccccc1)C(=O)n1nnc2ccccc21. The van der Waals surface area contributed by atoms with Gasteiger partial charge in [-0.05, 0) is 30.5 Å². The fraction of sp³-hybridized carbons (Fsp3) is 0.235. The van der Waals surface area contributed by atoms with Gasteiger partial charge >= 0.3 is 6.03 Å². The van der Waals surface area contributed by atoms with Crippen LogP contribution < -0.4 is 0 Å². The number of nitrogens with zero attached hydrogens (tertiary/aromatic N) is 4. The lowest BCUT2D eigenvalue weighted by molar-refractivity contribution is 0.207. The van der Waals surface area contributed by atoms with Gasteiger partial charge in [-0.2, -0.15) is 4.68 Å². The topological polar surface area (TPSA) is 51.0 Å². The maximum atomic E-state index is 12.4. The van der Waals surface area contributed by atoms with Gasteiger partial charge in [-0.15, -0.1) is 5.10 Å². The monoisotopic (exact) mass is 294 g/mol. The molecule has 0 spiro atoms. The molecule has 5 heteroatoms. The van der Waals surface area contributed by atoms with Gasteiger partial charge in [0.25, 0.3) is 0 Å². The van der Waals surface area contributed by atoms with Crippen molar-refractivity contribution in [2.75, 3.05) is 13.6 Å². The number of amides is 1.